The Hall–Kier alpha value is -0.710. The van der Waals surface area contributed by atoms with Crippen molar-refractivity contribution in [3.05, 3.63) is 62.1 Å². The molecular weight excluding hydrogens is 430 g/mol. The molecule has 1 atom stereocenters. The third kappa shape index (κ3) is 4.96. The summed E-state index contributed by atoms with van der Waals surface area (Å²) < 4.78 is 0. The molecule has 2 nitrogen and oxygen atoms in total. The van der Waals surface area contributed by atoms with E-state index in [-0.39, 0.29) is 0 Å². The molecule has 1 N–H and O–H groups in total. The van der Waals surface area contributed by atoms with Gasteiger partial charge in [-0.25, -0.2) is 0 Å². The summed E-state index contributed by atoms with van der Waals surface area (Å²) in [5.41, 5.74) is 1.92. The number of halogens is 4. The van der Waals surface area contributed by atoms with E-state index >= 15 is 0 Å². The third-order valence-corrected chi connectivity index (χ3v) is 6.15. The number of nitrogens with one attached hydrogen (secondary N) is 1. The van der Waals surface area contributed by atoms with Gasteiger partial charge in [0.25, 0.3) is 0 Å². The first kappa shape index (κ1) is 20.0. The summed E-state index contributed by atoms with van der Waals surface area (Å²) in [5, 5.41) is 6.00. The molecule has 138 valence electrons. The lowest BCUT2D eigenvalue weighted by Gasteiger charge is -2.38. The monoisotopic (exact) mass is 446 g/mol. The highest BCUT2D eigenvalue weighted by atomic mass is 35.5. The first-order valence-electron chi connectivity index (χ1n) is 8.40. The zero-order chi connectivity index (χ0) is 18.7. The standard InChI is InChI=1S/C19H18Cl4N2S/c20-13-6-4-12(5-7-13)9-14-3-1-2-8-25(14)19(26)24-18-11-16(22)15(21)10-17(18)23/h4-7,10-11,14H,1-3,8-9H2,(H,24,26). The van der Waals surface area contributed by atoms with E-state index < -0.39 is 0 Å². The SMILES string of the molecule is S=C(Nc1cc(Cl)c(Cl)cc1Cl)N1CCCCC1Cc1ccc(Cl)cc1. The largest absolute Gasteiger partial charge is 0.346 e. The molecule has 1 fully saturated rings. The van der Waals surface area contributed by atoms with Crippen LogP contribution in [0, 0.1) is 0 Å². The van der Waals surface area contributed by atoms with Crippen LogP contribution in [0.2, 0.25) is 20.1 Å². The van der Waals surface area contributed by atoms with Gasteiger partial charge in [-0.3, -0.25) is 0 Å². The number of piperidine rings is 1. The van der Waals surface area contributed by atoms with Gasteiger partial charge in [-0.15, -0.1) is 0 Å². The predicted molar refractivity (Wildman–Crippen MR) is 117 cm³/mol. The van der Waals surface area contributed by atoms with Crippen LogP contribution < -0.4 is 5.32 Å². The molecule has 2 aromatic rings. The summed E-state index contributed by atoms with van der Waals surface area (Å²) in [6.45, 7) is 0.920. The van der Waals surface area contributed by atoms with Crippen molar-refractivity contribution in [3.63, 3.8) is 0 Å². The summed E-state index contributed by atoms with van der Waals surface area (Å²) in [7, 11) is 0. The molecular formula is C19H18Cl4N2S. The van der Waals surface area contributed by atoms with Gasteiger partial charge in [0.2, 0.25) is 0 Å². The van der Waals surface area contributed by atoms with Crippen LogP contribution in [-0.4, -0.2) is 22.6 Å². The molecule has 2 aromatic carbocycles. The van der Waals surface area contributed by atoms with Crippen LogP contribution in [0.4, 0.5) is 5.69 Å². The van der Waals surface area contributed by atoms with E-state index in [1.165, 1.54) is 12.0 Å². The van der Waals surface area contributed by atoms with Gasteiger partial charge < -0.3 is 10.2 Å². The summed E-state index contributed by atoms with van der Waals surface area (Å²) in [6.07, 6.45) is 4.34. The average Bonchev–Trinajstić information content (AvgIpc) is 2.62. The van der Waals surface area contributed by atoms with Gasteiger partial charge in [-0.05, 0) is 67.7 Å². The van der Waals surface area contributed by atoms with Gasteiger partial charge in [-0.1, -0.05) is 58.5 Å². The maximum absolute atomic E-state index is 6.27. The highest BCUT2D eigenvalue weighted by Gasteiger charge is 2.25. The maximum atomic E-state index is 6.27. The topological polar surface area (TPSA) is 15.3 Å². The number of hydrogen-bond donors (Lipinski definition) is 1. The van der Waals surface area contributed by atoms with Crippen molar-refractivity contribution in [1.29, 1.82) is 0 Å². The smallest absolute Gasteiger partial charge is 0.173 e. The van der Waals surface area contributed by atoms with Crippen molar-refractivity contribution in [2.75, 3.05) is 11.9 Å². The zero-order valence-electron chi connectivity index (χ0n) is 13.9. The van der Waals surface area contributed by atoms with Crippen LogP contribution in [0.25, 0.3) is 0 Å². The molecule has 0 radical (unpaired) electrons. The fourth-order valence-corrected chi connectivity index (χ4v) is 4.25. The van der Waals surface area contributed by atoms with Crippen LogP contribution in [-0.2, 0) is 6.42 Å². The number of rotatable bonds is 3. The van der Waals surface area contributed by atoms with Gasteiger partial charge >= 0.3 is 0 Å². The molecule has 1 saturated heterocycles. The van der Waals surface area contributed by atoms with Gasteiger partial charge in [0, 0.05) is 17.6 Å². The molecule has 1 unspecified atom stereocenters. The predicted octanol–water partition coefficient (Wildman–Crippen LogP) is 7.09. The Kier molecular flexibility index (Phi) is 6.92. The third-order valence-electron chi connectivity index (χ3n) is 4.52. The van der Waals surface area contributed by atoms with Crippen molar-refractivity contribution in [2.45, 2.75) is 31.7 Å². The van der Waals surface area contributed by atoms with Crippen LogP contribution in [0.5, 0.6) is 0 Å². The number of benzene rings is 2. The van der Waals surface area contributed by atoms with E-state index in [0.29, 0.717) is 31.9 Å². The molecule has 1 heterocycles. The minimum Gasteiger partial charge on any atom is -0.346 e. The summed E-state index contributed by atoms with van der Waals surface area (Å²) in [5.74, 6) is 0. The second-order valence-electron chi connectivity index (χ2n) is 6.35. The van der Waals surface area contributed by atoms with E-state index in [9.17, 15) is 0 Å². The lowest BCUT2D eigenvalue weighted by atomic mass is 9.96. The van der Waals surface area contributed by atoms with Crippen LogP contribution in [0.15, 0.2) is 36.4 Å². The van der Waals surface area contributed by atoms with Crippen LogP contribution in [0.3, 0.4) is 0 Å². The minimum atomic E-state index is 0.339. The van der Waals surface area contributed by atoms with E-state index in [1.807, 2.05) is 12.1 Å². The molecule has 3 rings (SSSR count). The van der Waals surface area contributed by atoms with E-state index in [4.69, 9.17) is 58.6 Å². The normalized spacial score (nSPS) is 17.2. The average molecular weight is 448 g/mol. The zero-order valence-corrected chi connectivity index (χ0v) is 17.8. The van der Waals surface area contributed by atoms with E-state index in [1.54, 1.807) is 12.1 Å². The Bertz CT molecular complexity index is 795. The second kappa shape index (κ2) is 8.99. The van der Waals surface area contributed by atoms with Crippen LogP contribution >= 0.6 is 58.6 Å². The van der Waals surface area contributed by atoms with Gasteiger partial charge in [0.1, 0.15) is 0 Å². The molecule has 1 aliphatic heterocycles. The Morgan fingerprint density at radius 2 is 1.69 bits per heavy atom. The van der Waals surface area contributed by atoms with E-state index in [2.05, 4.69) is 22.3 Å². The molecule has 26 heavy (non-hydrogen) atoms. The van der Waals surface area contributed by atoms with E-state index in [0.717, 1.165) is 30.8 Å². The maximum Gasteiger partial charge on any atom is 0.173 e. The molecule has 0 saturated carbocycles. The molecule has 0 aliphatic carbocycles. The number of thiocarbonyl (C=S) groups is 1. The number of hydrogen-bond acceptors (Lipinski definition) is 1. The van der Waals surface area contributed by atoms with Gasteiger partial charge in [-0.2, -0.15) is 0 Å². The molecule has 0 amide bonds. The Balaban J connectivity index is 1.73. The Morgan fingerprint density at radius 1 is 1.00 bits per heavy atom. The van der Waals surface area contributed by atoms with Gasteiger partial charge in [0.15, 0.2) is 5.11 Å². The Morgan fingerprint density at radius 3 is 2.42 bits per heavy atom. The molecule has 0 bridgehead atoms. The second-order valence-corrected chi connectivity index (χ2v) is 8.39. The molecule has 0 aromatic heterocycles. The fraction of sp³-hybridized carbons (Fsp3) is 0.316. The highest BCUT2D eigenvalue weighted by molar-refractivity contribution is 7.80. The molecule has 1 aliphatic rings. The number of likely N-dealkylation sites (tertiary alicyclic amines) is 1. The van der Waals surface area contributed by atoms with Gasteiger partial charge in [0.05, 0.1) is 20.8 Å². The fourth-order valence-electron chi connectivity index (χ4n) is 3.18. The molecule has 7 heteroatoms. The summed E-state index contributed by atoms with van der Waals surface area (Å²) in [4.78, 5) is 2.24. The van der Waals surface area contributed by atoms with Crippen molar-refractivity contribution in [1.82, 2.24) is 4.90 Å². The Labute approximate surface area is 179 Å². The van der Waals surface area contributed by atoms with Crippen molar-refractivity contribution < 1.29 is 0 Å². The van der Waals surface area contributed by atoms with Crippen molar-refractivity contribution in [2.24, 2.45) is 0 Å². The first-order chi connectivity index (χ1) is 12.4. The van der Waals surface area contributed by atoms with Crippen LogP contribution in [0.1, 0.15) is 24.8 Å². The number of anilines is 1. The van der Waals surface area contributed by atoms with Crippen molar-refractivity contribution >= 4 is 69.4 Å². The number of nitrogens with zero attached hydrogens (tertiary/aromatic N) is 1. The van der Waals surface area contributed by atoms with Crippen molar-refractivity contribution in [3.8, 4) is 0 Å². The lowest BCUT2D eigenvalue weighted by Crippen LogP contribution is -2.46. The first-order valence-corrected chi connectivity index (χ1v) is 10.3. The lowest BCUT2D eigenvalue weighted by molar-refractivity contribution is 0.243. The highest BCUT2D eigenvalue weighted by Crippen LogP contribution is 2.33. The summed E-state index contributed by atoms with van der Waals surface area (Å²) in [6, 6.07) is 11.7. The molecule has 0 spiro atoms. The summed E-state index contributed by atoms with van der Waals surface area (Å²) >= 11 is 30.0. The quantitative estimate of drug-likeness (QED) is 0.399. The minimum absolute atomic E-state index is 0.339.